The molecule has 0 aliphatic heterocycles. The number of rotatable bonds is 13. The fourth-order valence-electron chi connectivity index (χ4n) is 22.4. The van der Waals surface area contributed by atoms with Gasteiger partial charge in [-0.1, -0.05) is 297 Å². The highest BCUT2D eigenvalue weighted by Crippen LogP contribution is 2.50. The quantitative estimate of drug-likeness (QED) is 0.109. The summed E-state index contributed by atoms with van der Waals surface area (Å²) in [6.07, 6.45) is 0. The number of hydrogen-bond acceptors (Lipinski definition) is 10. The number of furan rings is 4. The summed E-state index contributed by atoms with van der Waals surface area (Å²) < 4.78 is 36.6. The Morgan fingerprint density at radius 2 is 0.377 bits per heavy atom. The maximum absolute atomic E-state index is 6.95. The maximum atomic E-state index is 6.95. The Bertz CT molecular complexity index is 10700. The first-order valence-corrected chi connectivity index (χ1v) is 49.1. The lowest BCUT2D eigenvalue weighted by molar-refractivity contribution is 0.668. The molecule has 31 aromatic rings. The van der Waals surface area contributed by atoms with Crippen LogP contribution in [-0.2, 0) is 0 Å². The Labute approximate surface area is 832 Å². The molecule has 0 saturated heterocycles. The molecule has 0 saturated carbocycles. The van der Waals surface area contributed by atoms with Crippen LogP contribution in [0.1, 0.15) is 0 Å². The van der Waals surface area contributed by atoms with Gasteiger partial charge in [0.25, 0.3) is 0 Å². The number of para-hydroxylation sites is 8. The van der Waals surface area contributed by atoms with Crippen LogP contribution in [0.15, 0.2) is 491 Å². The molecule has 0 radical (unpaired) electrons. The molecule has 0 spiro atoms. The van der Waals surface area contributed by atoms with Crippen LogP contribution in [0.2, 0.25) is 0 Å². The van der Waals surface area contributed by atoms with Gasteiger partial charge in [0.2, 0.25) is 0 Å². The van der Waals surface area contributed by atoms with Crippen molar-refractivity contribution in [1.82, 2.24) is 48.2 Å². The molecule has 21 aromatic carbocycles. The Kier molecular flexibility index (Phi) is 18.4. The molecular formula is C132H78N10O4. The van der Waals surface area contributed by atoms with E-state index in [-0.39, 0.29) is 0 Å². The lowest BCUT2D eigenvalue weighted by Gasteiger charge is -2.14. The van der Waals surface area contributed by atoms with Crippen molar-refractivity contribution in [2.24, 2.45) is 0 Å². The van der Waals surface area contributed by atoms with E-state index in [1.807, 2.05) is 97.1 Å². The summed E-state index contributed by atoms with van der Waals surface area (Å²) in [5, 5.41) is 17.7. The summed E-state index contributed by atoms with van der Waals surface area (Å²) in [4.78, 5) is 31.3. The summed E-state index contributed by atoms with van der Waals surface area (Å²) in [7, 11) is 0. The number of hydrogen-bond donors (Lipinski definition) is 0. The zero-order valence-electron chi connectivity index (χ0n) is 78.1. The van der Waals surface area contributed by atoms with Gasteiger partial charge in [-0.15, -0.1) is 0 Å². The zero-order chi connectivity index (χ0) is 95.7. The highest BCUT2D eigenvalue weighted by molar-refractivity contribution is 6.23. The summed E-state index contributed by atoms with van der Waals surface area (Å²) in [6.45, 7) is 0. The lowest BCUT2D eigenvalue weighted by atomic mass is 9.93. The van der Waals surface area contributed by atoms with Crippen molar-refractivity contribution in [3.05, 3.63) is 473 Å². The first-order valence-electron chi connectivity index (χ1n) is 49.1. The maximum Gasteiger partial charge on any atom is 0.164 e. The Hall–Kier alpha value is -20.0. The standard InChI is InChI=1S/C69H41N5O2.C63H37N5O2/c1-5-17-42(18-6-1)67-70-68(43-19-7-2-8-20-43)72-69(71-67)58-36-44(45-30-33-63-54(35-45)56-38-52-50-25-13-15-27-59(50)73(47-21-9-3-10-22-47)61(52)40-65(56)75-63)29-32-49(58)46-31-34-64-55(37-46)57-39-53-51-26-14-16-28-60(51)74(48-23-11-4-12-24-48)62(53)41-66(57)76-64;1-5-17-38(18-6-1)61-64-62(39-19-7-2-8-20-39)66-63(65-61)52-34-51-50-33-48-44-26-14-16-28-54(44)68(42-23-11-4-12-24-42)56(48)37-60(50)70-58(51)35-46(52)40-29-30-45-49-32-47-43-25-13-15-27-53(43)67(41-21-9-3-10-22-41)55(47)36-59(49)69-57(45)31-40/h1-41H;1-37H. The van der Waals surface area contributed by atoms with Gasteiger partial charge in [0.15, 0.2) is 34.9 Å². The zero-order valence-corrected chi connectivity index (χ0v) is 78.1. The van der Waals surface area contributed by atoms with Crippen molar-refractivity contribution >= 4 is 175 Å². The van der Waals surface area contributed by atoms with E-state index in [0.29, 0.717) is 34.9 Å². The third-order valence-electron chi connectivity index (χ3n) is 29.1. The van der Waals surface area contributed by atoms with Gasteiger partial charge in [-0.2, -0.15) is 0 Å². The molecule has 14 nitrogen and oxygen atoms in total. The summed E-state index contributed by atoms with van der Waals surface area (Å²) in [5.74, 6) is 3.51. The van der Waals surface area contributed by atoms with Crippen molar-refractivity contribution in [3.8, 4) is 124 Å². The predicted molar refractivity (Wildman–Crippen MR) is 595 cm³/mol. The minimum atomic E-state index is 0.557. The summed E-state index contributed by atoms with van der Waals surface area (Å²) in [6, 6.07) is 166. The van der Waals surface area contributed by atoms with Crippen molar-refractivity contribution < 1.29 is 17.7 Å². The third-order valence-corrected chi connectivity index (χ3v) is 29.1. The molecule has 0 bridgehead atoms. The average molecular weight is 1870 g/mol. The molecule has 10 heterocycles. The average Bonchev–Trinajstić information content (AvgIpc) is 1.57. The van der Waals surface area contributed by atoms with E-state index in [9.17, 15) is 0 Å². The molecular weight excluding hydrogens is 1790 g/mol. The van der Waals surface area contributed by atoms with E-state index in [0.717, 1.165) is 227 Å². The fourth-order valence-corrected chi connectivity index (χ4v) is 22.4. The van der Waals surface area contributed by atoms with Gasteiger partial charge in [0.1, 0.15) is 44.7 Å². The summed E-state index contributed by atoms with van der Waals surface area (Å²) >= 11 is 0. The van der Waals surface area contributed by atoms with E-state index < -0.39 is 0 Å². The molecule has 0 N–H and O–H groups in total. The first kappa shape index (κ1) is 82.0. The second-order valence-corrected chi connectivity index (χ2v) is 37.5. The van der Waals surface area contributed by atoms with Crippen LogP contribution in [0.5, 0.6) is 0 Å². The van der Waals surface area contributed by atoms with E-state index in [1.165, 1.54) is 37.7 Å². The first-order chi connectivity index (χ1) is 72.3. The smallest absolute Gasteiger partial charge is 0.164 e. The second-order valence-electron chi connectivity index (χ2n) is 37.5. The van der Waals surface area contributed by atoms with Crippen molar-refractivity contribution in [2.75, 3.05) is 0 Å². The molecule has 0 aliphatic carbocycles. The molecule has 14 heteroatoms. The van der Waals surface area contributed by atoms with E-state index in [4.69, 9.17) is 47.6 Å². The monoisotopic (exact) mass is 1870 g/mol. The van der Waals surface area contributed by atoms with Crippen LogP contribution >= 0.6 is 0 Å². The Morgan fingerprint density at radius 3 is 0.747 bits per heavy atom. The number of nitrogens with zero attached hydrogens (tertiary/aromatic N) is 10. The third kappa shape index (κ3) is 13.3. The van der Waals surface area contributed by atoms with Crippen LogP contribution < -0.4 is 0 Å². The number of fused-ring (bicyclic) bond motifs is 24. The second kappa shape index (κ2) is 32.8. The minimum absolute atomic E-state index is 0.557. The molecule has 31 rings (SSSR count). The van der Waals surface area contributed by atoms with Crippen LogP contribution in [-0.4, -0.2) is 48.2 Å². The highest BCUT2D eigenvalue weighted by atomic mass is 16.3. The fraction of sp³-hybridized carbons (Fsp3) is 0. The lowest BCUT2D eigenvalue weighted by Crippen LogP contribution is -2.01. The van der Waals surface area contributed by atoms with Crippen molar-refractivity contribution in [1.29, 1.82) is 0 Å². The largest absolute Gasteiger partial charge is 0.456 e. The van der Waals surface area contributed by atoms with Crippen LogP contribution in [0.25, 0.3) is 299 Å². The summed E-state index contributed by atoms with van der Waals surface area (Å²) in [5.41, 5.74) is 31.2. The normalized spacial score (nSPS) is 12.0. The Morgan fingerprint density at radius 1 is 0.123 bits per heavy atom. The molecule has 0 atom stereocenters. The van der Waals surface area contributed by atoms with Crippen molar-refractivity contribution in [2.45, 2.75) is 0 Å². The number of benzene rings is 21. The van der Waals surface area contributed by atoms with Gasteiger partial charge in [-0.3, -0.25) is 0 Å². The van der Waals surface area contributed by atoms with Crippen LogP contribution in [0.4, 0.5) is 0 Å². The SMILES string of the molecule is c1ccc(-c2nc(-c3ccccc3)nc(-c3cc(-c4ccc5oc6cc7c(cc6c5c4)c4ccccc4n7-c4ccccc4)ccc3-c3ccc4oc5cc6c(cc5c4c3)c3ccccc3n6-c3ccccc3)n2)cc1.c1ccc(-c2nc(-c3ccccc3)nc(-c3cc4c(cc3-c3ccc5c(c3)oc3cc6c(cc35)c3ccccc3n6-c3ccccc3)oc3cc5c(cc34)c3ccccc3n5-c3ccccc3)n2)cc1. The van der Waals surface area contributed by atoms with Gasteiger partial charge in [0.05, 0.1) is 44.1 Å². The molecule has 680 valence electrons. The van der Waals surface area contributed by atoms with Gasteiger partial charge < -0.3 is 35.9 Å². The minimum Gasteiger partial charge on any atom is -0.456 e. The van der Waals surface area contributed by atoms with E-state index >= 15 is 0 Å². The molecule has 0 unspecified atom stereocenters. The molecule has 0 amide bonds. The Balaban J connectivity index is 0.000000136. The van der Waals surface area contributed by atoms with Gasteiger partial charge in [0, 0.05) is 167 Å². The molecule has 0 fully saturated rings. The molecule has 10 aromatic heterocycles. The molecule has 146 heavy (non-hydrogen) atoms. The van der Waals surface area contributed by atoms with Crippen LogP contribution in [0.3, 0.4) is 0 Å². The highest BCUT2D eigenvalue weighted by Gasteiger charge is 2.28. The van der Waals surface area contributed by atoms with Gasteiger partial charge >= 0.3 is 0 Å². The van der Waals surface area contributed by atoms with Gasteiger partial charge in [-0.25, -0.2) is 29.9 Å². The van der Waals surface area contributed by atoms with E-state index in [2.05, 4.69) is 394 Å². The predicted octanol–water partition coefficient (Wildman–Crippen LogP) is 34.7. The van der Waals surface area contributed by atoms with Crippen molar-refractivity contribution in [3.63, 3.8) is 0 Å². The van der Waals surface area contributed by atoms with Crippen LogP contribution in [0, 0.1) is 0 Å². The van der Waals surface area contributed by atoms with E-state index in [1.54, 1.807) is 0 Å². The topological polar surface area (TPSA) is 150 Å². The number of aromatic nitrogens is 10. The molecule has 0 aliphatic rings. The van der Waals surface area contributed by atoms with Gasteiger partial charge in [-0.05, 0) is 185 Å².